The lowest BCUT2D eigenvalue weighted by Crippen LogP contribution is -2.08. The Morgan fingerprint density at radius 3 is 2.32 bits per heavy atom. The first kappa shape index (κ1) is 18.8. The summed E-state index contributed by atoms with van der Waals surface area (Å²) in [6, 6.07) is 9.94. The molecule has 1 rings (SSSR count). The number of ether oxygens (including phenoxy) is 1. The standard InChI is InChI=1S/C19H28O2S/c1-2-3-4-5-6-7-8-9-13-16-21-19(20)17-22-18-14-11-10-12-15-18/h2,10-12,14-15H,1,3-9,13,16-17H2. The van der Waals surface area contributed by atoms with Crippen LogP contribution in [0, 0.1) is 0 Å². The summed E-state index contributed by atoms with van der Waals surface area (Å²) in [6.07, 6.45) is 11.7. The molecular formula is C19H28O2S. The number of rotatable bonds is 13. The number of allylic oxidation sites excluding steroid dienone is 1. The van der Waals surface area contributed by atoms with E-state index in [0.717, 1.165) is 24.2 Å². The van der Waals surface area contributed by atoms with Crippen LogP contribution in [0.3, 0.4) is 0 Å². The Bertz CT molecular complexity index is 403. The van der Waals surface area contributed by atoms with Gasteiger partial charge in [-0.3, -0.25) is 4.79 Å². The van der Waals surface area contributed by atoms with Gasteiger partial charge in [0, 0.05) is 4.90 Å². The van der Waals surface area contributed by atoms with Gasteiger partial charge in [0.1, 0.15) is 0 Å². The van der Waals surface area contributed by atoms with Gasteiger partial charge in [-0.05, 0) is 31.4 Å². The summed E-state index contributed by atoms with van der Waals surface area (Å²) in [5.74, 6) is 0.283. The molecule has 0 aliphatic heterocycles. The van der Waals surface area contributed by atoms with Gasteiger partial charge in [-0.25, -0.2) is 0 Å². The van der Waals surface area contributed by atoms with E-state index in [9.17, 15) is 4.79 Å². The lowest BCUT2D eigenvalue weighted by Gasteiger charge is -2.05. The Kier molecular flexibility index (Phi) is 11.5. The summed E-state index contributed by atoms with van der Waals surface area (Å²) in [6.45, 7) is 4.29. The second-order valence-electron chi connectivity index (χ2n) is 5.37. The van der Waals surface area contributed by atoms with Crippen LogP contribution in [0.4, 0.5) is 0 Å². The fourth-order valence-electron chi connectivity index (χ4n) is 2.16. The largest absolute Gasteiger partial charge is 0.465 e. The van der Waals surface area contributed by atoms with Crippen LogP contribution < -0.4 is 0 Å². The molecule has 0 aliphatic rings. The minimum Gasteiger partial charge on any atom is -0.465 e. The van der Waals surface area contributed by atoms with Crippen LogP contribution in [0.25, 0.3) is 0 Å². The SMILES string of the molecule is C=CCCCCCCCCCOC(=O)CSc1ccccc1. The minimum atomic E-state index is -0.113. The average molecular weight is 320 g/mol. The van der Waals surface area contributed by atoms with E-state index in [1.807, 2.05) is 36.4 Å². The lowest BCUT2D eigenvalue weighted by atomic mass is 10.1. The number of carbonyl (C=O) groups is 1. The van der Waals surface area contributed by atoms with Crippen molar-refractivity contribution in [1.82, 2.24) is 0 Å². The van der Waals surface area contributed by atoms with Gasteiger partial charge in [-0.2, -0.15) is 0 Å². The second-order valence-corrected chi connectivity index (χ2v) is 6.42. The fraction of sp³-hybridized carbons (Fsp3) is 0.526. The van der Waals surface area contributed by atoms with E-state index in [1.165, 1.54) is 43.9 Å². The number of hydrogen-bond acceptors (Lipinski definition) is 3. The van der Waals surface area contributed by atoms with Crippen molar-refractivity contribution >= 4 is 17.7 Å². The highest BCUT2D eigenvalue weighted by Crippen LogP contribution is 2.17. The van der Waals surface area contributed by atoms with Gasteiger partial charge in [0.05, 0.1) is 12.4 Å². The monoisotopic (exact) mass is 320 g/mol. The number of thioether (sulfide) groups is 1. The predicted octanol–water partition coefficient (Wildman–Crippen LogP) is 5.63. The molecule has 0 unspecified atom stereocenters. The first-order valence-corrected chi connectivity index (χ1v) is 9.26. The highest BCUT2D eigenvalue weighted by Gasteiger charge is 2.03. The van der Waals surface area contributed by atoms with Crippen LogP contribution in [-0.4, -0.2) is 18.3 Å². The molecule has 0 fully saturated rings. The van der Waals surface area contributed by atoms with E-state index in [2.05, 4.69) is 6.58 Å². The molecule has 22 heavy (non-hydrogen) atoms. The smallest absolute Gasteiger partial charge is 0.316 e. The molecule has 3 heteroatoms. The van der Waals surface area contributed by atoms with Gasteiger partial charge in [0.15, 0.2) is 0 Å². The molecule has 2 nitrogen and oxygen atoms in total. The van der Waals surface area contributed by atoms with Crippen LogP contribution in [0.15, 0.2) is 47.9 Å². The quantitative estimate of drug-likeness (QED) is 0.204. The van der Waals surface area contributed by atoms with E-state index in [0.29, 0.717) is 12.4 Å². The summed E-state index contributed by atoms with van der Waals surface area (Å²) in [7, 11) is 0. The van der Waals surface area contributed by atoms with Gasteiger partial charge < -0.3 is 4.74 Å². The molecule has 1 aromatic carbocycles. The second kappa shape index (κ2) is 13.4. The normalized spacial score (nSPS) is 10.4. The van der Waals surface area contributed by atoms with Gasteiger partial charge in [-0.15, -0.1) is 18.3 Å². The first-order valence-electron chi connectivity index (χ1n) is 8.27. The van der Waals surface area contributed by atoms with E-state index in [4.69, 9.17) is 4.74 Å². The van der Waals surface area contributed by atoms with Gasteiger partial charge in [0.25, 0.3) is 0 Å². The minimum absolute atomic E-state index is 0.113. The molecule has 0 radical (unpaired) electrons. The van der Waals surface area contributed by atoms with E-state index in [1.54, 1.807) is 0 Å². The van der Waals surface area contributed by atoms with Crippen molar-refractivity contribution in [1.29, 1.82) is 0 Å². The molecule has 0 atom stereocenters. The number of benzene rings is 1. The third-order valence-electron chi connectivity index (χ3n) is 3.42. The molecule has 1 aromatic rings. The Balaban J connectivity index is 1.87. The van der Waals surface area contributed by atoms with Crippen molar-refractivity contribution in [3.63, 3.8) is 0 Å². The van der Waals surface area contributed by atoms with Gasteiger partial charge in [0.2, 0.25) is 0 Å². The van der Waals surface area contributed by atoms with Crippen molar-refractivity contribution < 1.29 is 9.53 Å². The average Bonchev–Trinajstić information content (AvgIpc) is 2.55. The fourth-order valence-corrected chi connectivity index (χ4v) is 2.88. The molecule has 0 aliphatic carbocycles. The Morgan fingerprint density at radius 1 is 1.00 bits per heavy atom. The number of unbranched alkanes of at least 4 members (excludes halogenated alkanes) is 7. The Hall–Kier alpha value is -1.22. The maximum absolute atomic E-state index is 11.6. The predicted molar refractivity (Wildman–Crippen MR) is 95.3 cm³/mol. The Morgan fingerprint density at radius 2 is 1.64 bits per heavy atom. The van der Waals surface area contributed by atoms with Crippen LogP contribution in [-0.2, 0) is 9.53 Å². The molecule has 0 saturated carbocycles. The van der Waals surface area contributed by atoms with Crippen LogP contribution in [0.2, 0.25) is 0 Å². The molecule has 0 spiro atoms. The number of carbonyl (C=O) groups excluding carboxylic acids is 1. The zero-order valence-corrected chi connectivity index (χ0v) is 14.3. The summed E-state index contributed by atoms with van der Waals surface area (Å²) in [5.41, 5.74) is 0. The van der Waals surface area contributed by atoms with Gasteiger partial charge in [-0.1, -0.05) is 56.4 Å². The van der Waals surface area contributed by atoms with E-state index in [-0.39, 0.29) is 5.97 Å². The van der Waals surface area contributed by atoms with Crippen molar-refractivity contribution in [3.05, 3.63) is 43.0 Å². The molecule has 0 amide bonds. The maximum atomic E-state index is 11.6. The zero-order chi connectivity index (χ0) is 15.9. The third kappa shape index (κ3) is 10.5. The summed E-state index contributed by atoms with van der Waals surface area (Å²) < 4.78 is 5.25. The highest BCUT2D eigenvalue weighted by atomic mass is 32.2. The van der Waals surface area contributed by atoms with Crippen molar-refractivity contribution in [2.24, 2.45) is 0 Å². The first-order chi connectivity index (χ1) is 10.8. The number of esters is 1. The molecule has 0 N–H and O–H groups in total. The molecule has 0 saturated heterocycles. The molecule has 0 heterocycles. The molecule has 0 bridgehead atoms. The van der Waals surface area contributed by atoms with Crippen molar-refractivity contribution in [3.8, 4) is 0 Å². The topological polar surface area (TPSA) is 26.3 Å². The van der Waals surface area contributed by atoms with Gasteiger partial charge >= 0.3 is 5.97 Å². The lowest BCUT2D eigenvalue weighted by molar-refractivity contribution is -0.140. The van der Waals surface area contributed by atoms with Crippen LogP contribution >= 0.6 is 11.8 Å². The molecular weight excluding hydrogens is 292 g/mol. The maximum Gasteiger partial charge on any atom is 0.316 e. The molecule has 0 aromatic heterocycles. The van der Waals surface area contributed by atoms with E-state index < -0.39 is 0 Å². The zero-order valence-electron chi connectivity index (χ0n) is 13.5. The van der Waals surface area contributed by atoms with E-state index >= 15 is 0 Å². The third-order valence-corrected chi connectivity index (χ3v) is 4.40. The summed E-state index contributed by atoms with van der Waals surface area (Å²) >= 11 is 1.53. The highest BCUT2D eigenvalue weighted by molar-refractivity contribution is 8.00. The van der Waals surface area contributed by atoms with Crippen molar-refractivity contribution in [2.45, 2.75) is 56.3 Å². The summed E-state index contributed by atoms with van der Waals surface area (Å²) in [5, 5.41) is 0. The Labute approximate surface area is 139 Å². The number of hydrogen-bond donors (Lipinski definition) is 0. The van der Waals surface area contributed by atoms with Crippen LogP contribution in [0.5, 0.6) is 0 Å². The van der Waals surface area contributed by atoms with Crippen LogP contribution in [0.1, 0.15) is 51.4 Å². The van der Waals surface area contributed by atoms with Crippen molar-refractivity contribution in [2.75, 3.05) is 12.4 Å². The summed E-state index contributed by atoms with van der Waals surface area (Å²) in [4.78, 5) is 12.7. The molecule has 122 valence electrons.